The molecule has 2 aromatic rings. The lowest BCUT2D eigenvalue weighted by atomic mass is 10.1. The van der Waals surface area contributed by atoms with Crippen LogP contribution in [0.25, 0.3) is 0 Å². The number of hydrogen-bond acceptors (Lipinski definition) is 2. The molecule has 0 amide bonds. The average molecular weight is 350 g/mol. The van der Waals surface area contributed by atoms with Crippen molar-refractivity contribution in [3.63, 3.8) is 0 Å². The summed E-state index contributed by atoms with van der Waals surface area (Å²) in [6.07, 6.45) is 0. The topological polar surface area (TPSA) is 35.8 Å². The smallest absolute Gasteiger partial charge is 0.0992 e. The molecule has 0 saturated heterocycles. The molecule has 0 radical (unpaired) electrons. The maximum absolute atomic E-state index is 8.82. The molecule has 0 unspecified atom stereocenters. The van der Waals surface area contributed by atoms with Gasteiger partial charge in [-0.1, -0.05) is 51.8 Å². The van der Waals surface area contributed by atoms with Crippen molar-refractivity contribution in [3.8, 4) is 6.07 Å². The van der Waals surface area contributed by atoms with E-state index in [9.17, 15) is 0 Å². The molecule has 0 fully saturated rings. The SMILES string of the molecule is C[C@H](NCc1ccc(C#N)cc1Cl)c1ccccc1Br. The van der Waals surface area contributed by atoms with E-state index in [4.69, 9.17) is 16.9 Å². The van der Waals surface area contributed by atoms with Crippen molar-refractivity contribution in [3.05, 3.63) is 68.7 Å². The number of hydrogen-bond donors (Lipinski definition) is 1. The molecule has 0 aliphatic heterocycles. The third-order valence-electron chi connectivity index (χ3n) is 3.15. The predicted octanol–water partition coefficient (Wildman–Crippen LogP) is 4.82. The summed E-state index contributed by atoms with van der Waals surface area (Å²) in [5.74, 6) is 0. The second kappa shape index (κ2) is 6.90. The fourth-order valence-corrected chi connectivity index (χ4v) is 2.84. The highest BCUT2D eigenvalue weighted by Gasteiger charge is 2.09. The van der Waals surface area contributed by atoms with Crippen molar-refractivity contribution in [2.24, 2.45) is 0 Å². The number of benzene rings is 2. The van der Waals surface area contributed by atoms with Crippen LogP contribution in [0.2, 0.25) is 5.02 Å². The van der Waals surface area contributed by atoms with Gasteiger partial charge in [0.1, 0.15) is 0 Å². The van der Waals surface area contributed by atoms with Gasteiger partial charge in [0, 0.05) is 22.1 Å². The summed E-state index contributed by atoms with van der Waals surface area (Å²) in [7, 11) is 0. The van der Waals surface area contributed by atoms with E-state index < -0.39 is 0 Å². The molecular formula is C16H14BrClN2. The summed E-state index contributed by atoms with van der Waals surface area (Å²) in [4.78, 5) is 0. The summed E-state index contributed by atoms with van der Waals surface area (Å²) < 4.78 is 1.09. The van der Waals surface area contributed by atoms with E-state index in [1.165, 1.54) is 5.56 Å². The van der Waals surface area contributed by atoms with Gasteiger partial charge in [0.25, 0.3) is 0 Å². The van der Waals surface area contributed by atoms with E-state index in [1.807, 2.05) is 24.3 Å². The van der Waals surface area contributed by atoms with Crippen molar-refractivity contribution < 1.29 is 0 Å². The van der Waals surface area contributed by atoms with E-state index in [1.54, 1.807) is 12.1 Å². The van der Waals surface area contributed by atoms with Gasteiger partial charge in [0.15, 0.2) is 0 Å². The first-order chi connectivity index (χ1) is 9.61. The predicted molar refractivity (Wildman–Crippen MR) is 85.6 cm³/mol. The van der Waals surface area contributed by atoms with Gasteiger partial charge in [-0.05, 0) is 36.2 Å². The van der Waals surface area contributed by atoms with Crippen LogP contribution >= 0.6 is 27.5 Å². The lowest BCUT2D eigenvalue weighted by molar-refractivity contribution is 0.573. The molecular weight excluding hydrogens is 336 g/mol. The monoisotopic (exact) mass is 348 g/mol. The molecule has 0 aromatic heterocycles. The van der Waals surface area contributed by atoms with Gasteiger partial charge < -0.3 is 5.32 Å². The van der Waals surface area contributed by atoms with Gasteiger partial charge in [-0.2, -0.15) is 5.26 Å². The van der Waals surface area contributed by atoms with Crippen molar-refractivity contribution in [1.82, 2.24) is 5.32 Å². The molecule has 0 heterocycles. The molecule has 2 rings (SSSR count). The number of nitrogens with one attached hydrogen (secondary N) is 1. The molecule has 0 spiro atoms. The molecule has 0 aliphatic carbocycles. The quantitative estimate of drug-likeness (QED) is 0.858. The van der Waals surface area contributed by atoms with Crippen molar-refractivity contribution in [1.29, 1.82) is 5.26 Å². The van der Waals surface area contributed by atoms with Gasteiger partial charge >= 0.3 is 0 Å². The van der Waals surface area contributed by atoms with Crippen LogP contribution in [0.1, 0.15) is 29.7 Å². The second-order valence-electron chi connectivity index (χ2n) is 4.54. The minimum atomic E-state index is 0.206. The fourth-order valence-electron chi connectivity index (χ4n) is 1.96. The van der Waals surface area contributed by atoms with E-state index >= 15 is 0 Å². The lowest BCUT2D eigenvalue weighted by Crippen LogP contribution is -2.18. The summed E-state index contributed by atoms with van der Waals surface area (Å²) in [5, 5.41) is 12.9. The zero-order valence-corrected chi connectivity index (χ0v) is 13.4. The number of nitriles is 1. The number of nitrogens with zero attached hydrogens (tertiary/aromatic N) is 1. The van der Waals surface area contributed by atoms with Gasteiger partial charge in [-0.25, -0.2) is 0 Å². The minimum absolute atomic E-state index is 0.206. The maximum Gasteiger partial charge on any atom is 0.0992 e. The molecule has 0 bridgehead atoms. The van der Waals surface area contributed by atoms with Crippen molar-refractivity contribution >= 4 is 27.5 Å². The van der Waals surface area contributed by atoms with Crippen LogP contribution in [0.3, 0.4) is 0 Å². The third-order valence-corrected chi connectivity index (χ3v) is 4.23. The highest BCUT2D eigenvalue weighted by molar-refractivity contribution is 9.10. The zero-order valence-electron chi connectivity index (χ0n) is 11.0. The molecule has 0 saturated carbocycles. The first kappa shape index (κ1) is 15.1. The summed E-state index contributed by atoms with van der Waals surface area (Å²) >= 11 is 9.72. The zero-order chi connectivity index (χ0) is 14.5. The Labute approximate surface area is 132 Å². The van der Waals surface area contributed by atoms with Crippen LogP contribution in [-0.4, -0.2) is 0 Å². The third kappa shape index (κ3) is 3.61. The van der Waals surface area contributed by atoms with Crippen molar-refractivity contribution in [2.75, 3.05) is 0 Å². The number of rotatable bonds is 4. The van der Waals surface area contributed by atoms with Crippen molar-refractivity contribution in [2.45, 2.75) is 19.5 Å². The molecule has 0 aliphatic rings. The second-order valence-corrected chi connectivity index (χ2v) is 5.80. The van der Waals surface area contributed by atoms with E-state index in [0.717, 1.165) is 10.0 Å². The fraction of sp³-hybridized carbons (Fsp3) is 0.188. The van der Waals surface area contributed by atoms with E-state index in [-0.39, 0.29) is 6.04 Å². The van der Waals surface area contributed by atoms with Crippen LogP contribution in [0.5, 0.6) is 0 Å². The molecule has 4 heteroatoms. The van der Waals surface area contributed by atoms with E-state index in [2.05, 4.69) is 40.3 Å². The first-order valence-corrected chi connectivity index (χ1v) is 7.45. The average Bonchev–Trinajstić information content (AvgIpc) is 2.46. The van der Waals surface area contributed by atoms with Gasteiger partial charge in [-0.15, -0.1) is 0 Å². The Morgan fingerprint density at radius 1 is 1.30 bits per heavy atom. The number of halogens is 2. The Morgan fingerprint density at radius 3 is 2.70 bits per heavy atom. The van der Waals surface area contributed by atoms with Crippen LogP contribution in [0.4, 0.5) is 0 Å². The summed E-state index contributed by atoms with van der Waals surface area (Å²) in [5.41, 5.74) is 2.78. The normalized spacial score (nSPS) is 11.9. The maximum atomic E-state index is 8.82. The Kier molecular flexibility index (Phi) is 5.19. The Balaban J connectivity index is 2.06. The van der Waals surface area contributed by atoms with Crippen LogP contribution < -0.4 is 5.32 Å². The van der Waals surface area contributed by atoms with Gasteiger partial charge in [-0.3, -0.25) is 0 Å². The van der Waals surface area contributed by atoms with Gasteiger partial charge in [0.2, 0.25) is 0 Å². The molecule has 20 heavy (non-hydrogen) atoms. The Morgan fingerprint density at radius 2 is 2.05 bits per heavy atom. The lowest BCUT2D eigenvalue weighted by Gasteiger charge is -2.16. The largest absolute Gasteiger partial charge is 0.306 e. The van der Waals surface area contributed by atoms with Crippen LogP contribution in [0.15, 0.2) is 46.9 Å². The van der Waals surface area contributed by atoms with Crippen LogP contribution in [-0.2, 0) is 6.54 Å². The molecule has 102 valence electrons. The van der Waals surface area contributed by atoms with E-state index in [0.29, 0.717) is 17.1 Å². The standard InChI is InChI=1S/C16H14BrClN2/c1-11(14-4-2-3-5-15(14)17)20-10-13-7-6-12(9-19)8-16(13)18/h2-8,11,20H,10H2,1H3/t11-/m0/s1. The van der Waals surface area contributed by atoms with Gasteiger partial charge in [0.05, 0.1) is 11.6 Å². The summed E-state index contributed by atoms with van der Waals surface area (Å²) in [6.45, 7) is 2.77. The van der Waals surface area contributed by atoms with Crippen LogP contribution in [0, 0.1) is 11.3 Å². The first-order valence-electron chi connectivity index (χ1n) is 6.28. The minimum Gasteiger partial charge on any atom is -0.306 e. The Hall–Kier alpha value is -1.34. The Bertz CT molecular complexity index is 649. The molecule has 2 aromatic carbocycles. The highest BCUT2D eigenvalue weighted by Crippen LogP contribution is 2.24. The highest BCUT2D eigenvalue weighted by atomic mass is 79.9. The summed E-state index contributed by atoms with van der Waals surface area (Å²) in [6, 6.07) is 15.8. The molecule has 1 N–H and O–H groups in total. The molecule has 2 nitrogen and oxygen atoms in total. The molecule has 1 atom stereocenters.